The molecule has 0 bridgehead atoms. The number of nitrogens with zero attached hydrogens (tertiary/aromatic N) is 2. The first-order valence-electron chi connectivity index (χ1n) is 6.55. The molecule has 1 aliphatic heterocycles. The van der Waals surface area contributed by atoms with Crippen LogP contribution in [0.5, 0.6) is 0 Å². The summed E-state index contributed by atoms with van der Waals surface area (Å²) in [7, 11) is 0. The fourth-order valence-electron chi connectivity index (χ4n) is 2.39. The summed E-state index contributed by atoms with van der Waals surface area (Å²) in [6.45, 7) is 1.86. The van der Waals surface area contributed by atoms with Crippen LogP contribution in [0.4, 0.5) is 5.13 Å². The predicted molar refractivity (Wildman–Crippen MR) is 79.3 cm³/mol. The van der Waals surface area contributed by atoms with Crippen LogP contribution in [-0.2, 0) is 4.79 Å². The number of allylic oxidation sites excluding steroid dienone is 1. The monoisotopic (exact) mass is 289 g/mol. The van der Waals surface area contributed by atoms with E-state index in [2.05, 4.69) is 15.3 Å². The Morgan fingerprint density at radius 1 is 1.55 bits per heavy atom. The molecule has 2 N–H and O–H groups in total. The second-order valence-electron chi connectivity index (χ2n) is 4.89. The first-order valence-corrected chi connectivity index (χ1v) is 7.43. The number of hydrogen-bond donors (Lipinski definition) is 2. The van der Waals surface area contributed by atoms with E-state index in [0.29, 0.717) is 5.13 Å². The largest absolute Gasteiger partial charge is 0.507 e. The Hall–Kier alpha value is -1.95. The molecule has 1 unspecified atom stereocenters. The van der Waals surface area contributed by atoms with Crippen LogP contribution in [0.15, 0.2) is 33.4 Å². The van der Waals surface area contributed by atoms with Crippen LogP contribution in [-0.4, -0.2) is 28.3 Å². The molecule has 2 heterocycles. The number of aromatic nitrogens is 1. The summed E-state index contributed by atoms with van der Waals surface area (Å²) in [5.74, 6) is -0.319. The number of rotatable bonds is 2. The van der Waals surface area contributed by atoms with Gasteiger partial charge in [-0.3, -0.25) is 15.1 Å². The van der Waals surface area contributed by atoms with Crippen molar-refractivity contribution >= 4 is 28.6 Å². The third-order valence-electron chi connectivity index (χ3n) is 3.40. The summed E-state index contributed by atoms with van der Waals surface area (Å²) in [4.78, 5) is 20.7. The van der Waals surface area contributed by atoms with Crippen molar-refractivity contribution < 1.29 is 9.90 Å². The van der Waals surface area contributed by atoms with Gasteiger partial charge in [0.1, 0.15) is 5.76 Å². The highest BCUT2D eigenvalue weighted by Crippen LogP contribution is 2.30. The SMILES string of the molecule is Cc1csc(NC(=O)C2=C(O)C3=CCCCC3N=C2)n1. The molecule has 6 heteroatoms. The number of nitrogens with one attached hydrogen (secondary N) is 1. The lowest BCUT2D eigenvalue weighted by Crippen LogP contribution is -2.25. The number of dihydropyridines is 1. The van der Waals surface area contributed by atoms with E-state index in [4.69, 9.17) is 0 Å². The number of fused-ring (bicyclic) bond motifs is 1. The molecule has 1 aromatic rings. The van der Waals surface area contributed by atoms with Crippen LogP contribution in [0, 0.1) is 6.92 Å². The molecule has 0 saturated heterocycles. The van der Waals surface area contributed by atoms with Crippen molar-refractivity contribution in [1.82, 2.24) is 4.98 Å². The van der Waals surface area contributed by atoms with Crippen molar-refractivity contribution in [3.63, 3.8) is 0 Å². The highest BCUT2D eigenvalue weighted by Gasteiger charge is 2.28. The molecule has 1 amide bonds. The zero-order valence-electron chi connectivity index (χ0n) is 11.1. The third kappa shape index (κ3) is 2.38. The molecule has 1 aliphatic carbocycles. The highest BCUT2D eigenvalue weighted by molar-refractivity contribution is 7.14. The van der Waals surface area contributed by atoms with Gasteiger partial charge in [-0.05, 0) is 26.2 Å². The molecule has 3 rings (SSSR count). The van der Waals surface area contributed by atoms with E-state index in [0.717, 1.165) is 30.5 Å². The maximum Gasteiger partial charge on any atom is 0.262 e. The lowest BCUT2D eigenvalue weighted by molar-refractivity contribution is -0.112. The maximum absolute atomic E-state index is 12.2. The maximum atomic E-state index is 12.2. The molecule has 1 atom stereocenters. The number of amides is 1. The minimum absolute atomic E-state index is 0.00223. The Labute approximate surface area is 120 Å². The Bertz CT molecular complexity index is 643. The van der Waals surface area contributed by atoms with Crippen molar-refractivity contribution in [3.8, 4) is 0 Å². The van der Waals surface area contributed by atoms with Crippen molar-refractivity contribution in [1.29, 1.82) is 0 Å². The Balaban J connectivity index is 1.84. The van der Waals surface area contributed by atoms with Crippen LogP contribution in [0.1, 0.15) is 25.0 Å². The van der Waals surface area contributed by atoms with Gasteiger partial charge < -0.3 is 5.11 Å². The fourth-order valence-corrected chi connectivity index (χ4v) is 3.08. The summed E-state index contributed by atoms with van der Waals surface area (Å²) in [5.41, 5.74) is 1.84. The molecule has 0 fully saturated rings. The summed E-state index contributed by atoms with van der Waals surface area (Å²) in [5, 5.41) is 15.3. The van der Waals surface area contributed by atoms with E-state index >= 15 is 0 Å². The predicted octanol–water partition coefficient (Wildman–Crippen LogP) is 2.77. The number of aliphatic imine (C=N–C) groups is 1. The number of hydrogen-bond acceptors (Lipinski definition) is 5. The van der Waals surface area contributed by atoms with Gasteiger partial charge in [-0.2, -0.15) is 0 Å². The molecular formula is C14H15N3O2S. The van der Waals surface area contributed by atoms with Gasteiger partial charge in [0.15, 0.2) is 5.13 Å². The summed E-state index contributed by atoms with van der Waals surface area (Å²) in [6.07, 6.45) is 6.36. The molecule has 0 aromatic carbocycles. The number of anilines is 1. The topological polar surface area (TPSA) is 74.6 Å². The molecule has 0 saturated carbocycles. The number of thiazole rings is 1. The zero-order valence-corrected chi connectivity index (χ0v) is 11.9. The van der Waals surface area contributed by atoms with Gasteiger partial charge in [0, 0.05) is 17.2 Å². The van der Waals surface area contributed by atoms with Crippen LogP contribution in [0.2, 0.25) is 0 Å². The summed E-state index contributed by atoms with van der Waals surface area (Å²) < 4.78 is 0. The standard InChI is InChI=1S/C14H15N3O2S/c1-8-7-20-14(16-8)17-13(19)10-6-15-11-5-3-2-4-9(11)12(10)18/h4,6-7,11,18H,2-3,5H2,1H3,(H,16,17,19). The molecule has 20 heavy (non-hydrogen) atoms. The zero-order chi connectivity index (χ0) is 14.1. The van der Waals surface area contributed by atoms with E-state index in [1.165, 1.54) is 17.6 Å². The molecule has 104 valence electrons. The van der Waals surface area contributed by atoms with Gasteiger partial charge in [-0.15, -0.1) is 11.3 Å². The number of aryl methyl sites for hydroxylation is 1. The number of carbonyl (C=O) groups is 1. The van der Waals surface area contributed by atoms with Crippen LogP contribution in [0.25, 0.3) is 0 Å². The minimum Gasteiger partial charge on any atom is -0.507 e. The van der Waals surface area contributed by atoms with Crippen LogP contribution < -0.4 is 5.32 Å². The van der Waals surface area contributed by atoms with Gasteiger partial charge in [-0.25, -0.2) is 4.98 Å². The van der Waals surface area contributed by atoms with Crippen molar-refractivity contribution in [2.75, 3.05) is 5.32 Å². The van der Waals surface area contributed by atoms with Gasteiger partial charge in [0.2, 0.25) is 0 Å². The van der Waals surface area contributed by atoms with Gasteiger partial charge >= 0.3 is 0 Å². The first kappa shape index (κ1) is 13.1. The lowest BCUT2D eigenvalue weighted by atomic mass is 9.89. The molecule has 1 aromatic heterocycles. The Morgan fingerprint density at radius 2 is 2.40 bits per heavy atom. The Kier molecular flexibility index (Phi) is 3.40. The van der Waals surface area contributed by atoms with Crippen LogP contribution >= 0.6 is 11.3 Å². The number of carbonyl (C=O) groups excluding carboxylic acids is 1. The van der Waals surface area contributed by atoms with E-state index in [1.54, 1.807) is 0 Å². The number of aliphatic hydroxyl groups excluding tert-OH is 1. The fraction of sp³-hybridized carbons (Fsp3) is 0.357. The minimum atomic E-state index is -0.370. The summed E-state index contributed by atoms with van der Waals surface area (Å²) >= 11 is 1.36. The van der Waals surface area contributed by atoms with E-state index in [-0.39, 0.29) is 23.3 Å². The molecular weight excluding hydrogens is 274 g/mol. The van der Waals surface area contributed by atoms with Gasteiger partial charge in [0.25, 0.3) is 5.91 Å². The molecule has 0 spiro atoms. The summed E-state index contributed by atoms with van der Waals surface area (Å²) in [6, 6.07) is 0.00223. The number of aliphatic hydroxyl groups is 1. The van der Waals surface area contributed by atoms with Crippen LogP contribution in [0.3, 0.4) is 0 Å². The van der Waals surface area contributed by atoms with Crippen molar-refractivity contribution in [3.05, 3.63) is 34.1 Å². The van der Waals surface area contributed by atoms with Crippen molar-refractivity contribution in [2.24, 2.45) is 4.99 Å². The highest BCUT2D eigenvalue weighted by atomic mass is 32.1. The second-order valence-corrected chi connectivity index (χ2v) is 5.75. The van der Waals surface area contributed by atoms with E-state index < -0.39 is 0 Å². The smallest absolute Gasteiger partial charge is 0.262 e. The third-order valence-corrected chi connectivity index (χ3v) is 4.28. The second kappa shape index (κ2) is 5.20. The normalized spacial score (nSPS) is 21.4. The first-order chi connectivity index (χ1) is 9.65. The quantitative estimate of drug-likeness (QED) is 0.879. The molecule has 5 nitrogen and oxygen atoms in total. The molecule has 0 radical (unpaired) electrons. The molecule has 2 aliphatic rings. The van der Waals surface area contributed by atoms with Gasteiger partial charge in [-0.1, -0.05) is 6.08 Å². The van der Waals surface area contributed by atoms with E-state index in [1.807, 2.05) is 18.4 Å². The van der Waals surface area contributed by atoms with E-state index in [9.17, 15) is 9.90 Å². The average Bonchev–Trinajstić information content (AvgIpc) is 2.84. The van der Waals surface area contributed by atoms with Crippen molar-refractivity contribution in [2.45, 2.75) is 32.2 Å². The van der Waals surface area contributed by atoms with Gasteiger partial charge in [0.05, 0.1) is 17.3 Å². The average molecular weight is 289 g/mol. The Morgan fingerprint density at radius 3 is 3.15 bits per heavy atom. The lowest BCUT2D eigenvalue weighted by Gasteiger charge is -2.24.